The van der Waals surface area contributed by atoms with Crippen molar-refractivity contribution in [1.82, 2.24) is 5.32 Å². The third-order valence-corrected chi connectivity index (χ3v) is 3.62. The molecular weight excluding hydrogens is 226 g/mol. The summed E-state index contributed by atoms with van der Waals surface area (Å²) in [5, 5.41) is 3.14. The predicted octanol–water partition coefficient (Wildman–Crippen LogP) is 3.24. The van der Waals surface area contributed by atoms with Crippen LogP contribution in [0.25, 0.3) is 0 Å². The van der Waals surface area contributed by atoms with Gasteiger partial charge in [0.05, 0.1) is 11.8 Å². The molecule has 0 aromatic carbocycles. The fourth-order valence-corrected chi connectivity index (χ4v) is 2.52. The quantitative estimate of drug-likeness (QED) is 0.883. The maximum Gasteiger partial charge on any atom is 0.256 e. The van der Waals surface area contributed by atoms with Gasteiger partial charge in [-0.1, -0.05) is 12.8 Å². The Morgan fingerprint density at radius 1 is 1.56 bits per heavy atom. The van der Waals surface area contributed by atoms with Crippen molar-refractivity contribution in [1.29, 1.82) is 0 Å². The summed E-state index contributed by atoms with van der Waals surface area (Å²) in [6, 6.07) is 1.81. The van der Waals surface area contributed by atoms with Crippen LogP contribution in [0.15, 0.2) is 16.7 Å². The molecule has 1 unspecified atom stereocenters. The molecule has 4 heteroatoms. The molecule has 0 saturated heterocycles. The van der Waals surface area contributed by atoms with Gasteiger partial charge in [0.15, 0.2) is 0 Å². The van der Waals surface area contributed by atoms with Crippen molar-refractivity contribution in [2.45, 2.75) is 38.6 Å². The molecule has 1 saturated carbocycles. The van der Waals surface area contributed by atoms with Crippen molar-refractivity contribution in [2.24, 2.45) is 5.92 Å². The number of rotatable bonds is 3. The average molecular weight is 242 g/mol. The molecule has 1 heterocycles. The molecule has 1 aliphatic rings. The average Bonchev–Trinajstić information content (AvgIpc) is 2.86. The van der Waals surface area contributed by atoms with E-state index in [0.717, 1.165) is 0 Å². The van der Waals surface area contributed by atoms with Gasteiger partial charge in [-0.3, -0.25) is 4.79 Å². The van der Waals surface area contributed by atoms with Crippen LogP contribution >= 0.6 is 11.6 Å². The van der Waals surface area contributed by atoms with Crippen molar-refractivity contribution in [3.63, 3.8) is 0 Å². The Bertz CT molecular complexity index is 369. The first-order valence-corrected chi connectivity index (χ1v) is 6.10. The van der Waals surface area contributed by atoms with Crippen molar-refractivity contribution >= 4 is 17.5 Å². The molecule has 1 aliphatic carbocycles. The minimum atomic E-state index is -0.141. The number of furan rings is 1. The number of carbonyl (C=O) groups excluding carboxylic acids is 1. The van der Waals surface area contributed by atoms with Crippen LogP contribution in [0.1, 0.15) is 43.0 Å². The van der Waals surface area contributed by atoms with Gasteiger partial charge in [0.2, 0.25) is 5.22 Å². The normalized spacial score (nSPS) is 18.6. The number of hydrogen-bond acceptors (Lipinski definition) is 2. The van der Waals surface area contributed by atoms with E-state index in [2.05, 4.69) is 12.2 Å². The summed E-state index contributed by atoms with van der Waals surface area (Å²) in [4.78, 5) is 11.8. The third-order valence-electron chi connectivity index (χ3n) is 3.33. The Hall–Kier alpha value is -0.960. The summed E-state index contributed by atoms with van der Waals surface area (Å²) in [6.07, 6.45) is 6.40. The zero-order valence-electron chi connectivity index (χ0n) is 9.33. The van der Waals surface area contributed by atoms with Gasteiger partial charge in [-0.15, -0.1) is 0 Å². The van der Waals surface area contributed by atoms with Gasteiger partial charge in [0, 0.05) is 6.04 Å². The number of amides is 1. The molecule has 1 atom stereocenters. The molecular formula is C12H16ClNO2. The summed E-state index contributed by atoms with van der Waals surface area (Å²) < 4.78 is 4.90. The van der Waals surface area contributed by atoms with Gasteiger partial charge in [-0.25, -0.2) is 0 Å². The topological polar surface area (TPSA) is 42.2 Å². The molecule has 1 aromatic rings. The Balaban J connectivity index is 1.94. The Kier molecular flexibility index (Phi) is 3.54. The number of nitrogens with one attached hydrogen (secondary N) is 1. The SMILES string of the molecule is CC(NC(=O)c1ccoc1Cl)C1CCCC1. The zero-order valence-corrected chi connectivity index (χ0v) is 10.1. The monoisotopic (exact) mass is 241 g/mol. The molecule has 2 rings (SSSR count). The van der Waals surface area contributed by atoms with E-state index >= 15 is 0 Å². The van der Waals surface area contributed by atoms with Crippen molar-refractivity contribution in [3.05, 3.63) is 23.1 Å². The summed E-state index contributed by atoms with van der Waals surface area (Å²) in [6.45, 7) is 2.06. The van der Waals surface area contributed by atoms with E-state index in [1.807, 2.05) is 0 Å². The Morgan fingerprint density at radius 3 is 2.81 bits per heavy atom. The van der Waals surface area contributed by atoms with Crippen LogP contribution in [0.4, 0.5) is 0 Å². The molecule has 0 radical (unpaired) electrons. The molecule has 1 amide bonds. The van der Waals surface area contributed by atoms with Crippen LogP contribution in [0.2, 0.25) is 5.22 Å². The van der Waals surface area contributed by atoms with Crippen molar-refractivity contribution < 1.29 is 9.21 Å². The first-order chi connectivity index (χ1) is 7.68. The van der Waals surface area contributed by atoms with Crippen LogP contribution in [-0.2, 0) is 0 Å². The lowest BCUT2D eigenvalue weighted by molar-refractivity contribution is 0.0927. The number of carbonyl (C=O) groups is 1. The lowest BCUT2D eigenvalue weighted by atomic mass is 9.99. The first-order valence-electron chi connectivity index (χ1n) is 5.72. The summed E-state index contributed by atoms with van der Waals surface area (Å²) in [7, 11) is 0. The molecule has 88 valence electrons. The predicted molar refractivity (Wildman–Crippen MR) is 62.6 cm³/mol. The highest BCUT2D eigenvalue weighted by Crippen LogP contribution is 2.28. The number of halogens is 1. The zero-order chi connectivity index (χ0) is 11.5. The van der Waals surface area contributed by atoms with Gasteiger partial charge in [-0.2, -0.15) is 0 Å². The van der Waals surface area contributed by atoms with Crippen LogP contribution in [-0.4, -0.2) is 11.9 Å². The highest BCUT2D eigenvalue weighted by molar-refractivity contribution is 6.32. The minimum Gasteiger partial charge on any atom is -0.452 e. The van der Waals surface area contributed by atoms with Crippen molar-refractivity contribution in [3.8, 4) is 0 Å². The summed E-state index contributed by atoms with van der Waals surface area (Å²) >= 11 is 5.75. The Labute approximate surface area is 100 Å². The third kappa shape index (κ3) is 2.40. The van der Waals surface area contributed by atoms with E-state index in [-0.39, 0.29) is 17.2 Å². The lowest BCUT2D eigenvalue weighted by Crippen LogP contribution is -2.37. The minimum absolute atomic E-state index is 0.141. The lowest BCUT2D eigenvalue weighted by Gasteiger charge is -2.19. The van der Waals surface area contributed by atoms with Crippen LogP contribution < -0.4 is 5.32 Å². The van der Waals surface area contributed by atoms with Gasteiger partial charge in [-0.05, 0) is 43.4 Å². The number of hydrogen-bond donors (Lipinski definition) is 1. The van der Waals surface area contributed by atoms with Crippen LogP contribution in [0.5, 0.6) is 0 Å². The summed E-state index contributed by atoms with van der Waals surface area (Å²) in [5.74, 6) is 0.466. The van der Waals surface area contributed by atoms with Crippen LogP contribution in [0, 0.1) is 5.92 Å². The molecule has 0 bridgehead atoms. The molecule has 16 heavy (non-hydrogen) atoms. The van der Waals surface area contributed by atoms with E-state index in [1.165, 1.54) is 31.9 Å². The van der Waals surface area contributed by atoms with Gasteiger partial charge in [0.1, 0.15) is 0 Å². The highest BCUT2D eigenvalue weighted by Gasteiger charge is 2.24. The fourth-order valence-electron chi connectivity index (χ4n) is 2.32. The smallest absolute Gasteiger partial charge is 0.256 e. The van der Waals surface area contributed by atoms with E-state index in [1.54, 1.807) is 6.07 Å². The van der Waals surface area contributed by atoms with E-state index in [0.29, 0.717) is 11.5 Å². The largest absolute Gasteiger partial charge is 0.452 e. The van der Waals surface area contributed by atoms with Gasteiger partial charge < -0.3 is 9.73 Å². The molecule has 0 aliphatic heterocycles. The molecule has 0 spiro atoms. The van der Waals surface area contributed by atoms with E-state index < -0.39 is 0 Å². The first kappa shape index (κ1) is 11.5. The van der Waals surface area contributed by atoms with E-state index in [9.17, 15) is 4.79 Å². The van der Waals surface area contributed by atoms with Crippen molar-refractivity contribution in [2.75, 3.05) is 0 Å². The second-order valence-electron chi connectivity index (χ2n) is 4.41. The van der Waals surface area contributed by atoms with Gasteiger partial charge >= 0.3 is 0 Å². The second-order valence-corrected chi connectivity index (χ2v) is 4.76. The van der Waals surface area contributed by atoms with E-state index in [4.69, 9.17) is 16.0 Å². The highest BCUT2D eigenvalue weighted by atomic mass is 35.5. The molecule has 1 aromatic heterocycles. The second kappa shape index (κ2) is 4.91. The van der Waals surface area contributed by atoms with Gasteiger partial charge in [0.25, 0.3) is 5.91 Å². The summed E-state index contributed by atoms with van der Waals surface area (Å²) in [5.41, 5.74) is 0.423. The standard InChI is InChI=1S/C12H16ClNO2/c1-8(9-4-2-3-5-9)14-12(15)10-6-7-16-11(10)13/h6-9H,2-5H2,1H3,(H,14,15). The Morgan fingerprint density at radius 2 is 2.25 bits per heavy atom. The molecule has 1 fully saturated rings. The fraction of sp³-hybridized carbons (Fsp3) is 0.583. The maximum absolute atomic E-state index is 11.8. The van der Waals surface area contributed by atoms with Crippen LogP contribution in [0.3, 0.4) is 0 Å². The maximum atomic E-state index is 11.8. The molecule has 3 nitrogen and oxygen atoms in total. The molecule has 1 N–H and O–H groups in total.